The van der Waals surface area contributed by atoms with Gasteiger partial charge in [0.1, 0.15) is 13.4 Å². The summed E-state index contributed by atoms with van der Waals surface area (Å²) in [5.41, 5.74) is 18.3. The maximum Gasteiger partial charge on any atom is 0.409 e. The summed E-state index contributed by atoms with van der Waals surface area (Å²) < 4.78 is 11.2. The van der Waals surface area contributed by atoms with Gasteiger partial charge in [0.15, 0.2) is 22.5 Å². The molecule has 1 fully saturated rings. The van der Waals surface area contributed by atoms with E-state index in [1.807, 2.05) is 60.4 Å². The first-order chi connectivity index (χ1) is 34.3. The van der Waals surface area contributed by atoms with Crippen LogP contribution in [-0.2, 0) is 15.9 Å². The Bertz CT molecular complexity index is 2290. The van der Waals surface area contributed by atoms with Gasteiger partial charge in [0.05, 0.1) is 18.8 Å². The molecule has 3 aromatic carbocycles. The molecule has 2 aliphatic rings. The molecule has 0 radical (unpaired) electrons. The molecule has 4 amide bonds. The molecule has 17 nitrogen and oxygen atoms in total. The number of aliphatic hydroxyl groups is 3. The number of piperidine rings is 1. The van der Waals surface area contributed by atoms with E-state index in [0.717, 1.165) is 65.6 Å². The van der Waals surface area contributed by atoms with Crippen molar-refractivity contribution in [3.05, 3.63) is 106 Å². The third-order valence-corrected chi connectivity index (χ3v) is 13.9. The van der Waals surface area contributed by atoms with E-state index in [4.69, 9.17) is 37.6 Å². The molecular formula is C53H74ClN9O8. The third kappa shape index (κ3) is 16.2. The SMILES string of the molecule is CCCCCCN(CCNC(=O)N1CCC(CN(C[C@H](CNC(=O)c2nc(Cl)c(N)nc2N)Cc2ccccc2C)C(=O)OCC2c3ccccc3-c3ccccc32)CC1)CC[C@@H](O)C[C@H](O)COCO. The minimum atomic E-state index is -0.867. The van der Waals surface area contributed by atoms with Crippen LogP contribution in [0.3, 0.4) is 0 Å². The Hall–Kier alpha value is -5.56. The van der Waals surface area contributed by atoms with Crippen LogP contribution in [0.1, 0.15) is 97.0 Å². The van der Waals surface area contributed by atoms with E-state index in [2.05, 4.69) is 56.7 Å². The predicted octanol–water partition coefficient (Wildman–Crippen LogP) is 6.21. The zero-order valence-electron chi connectivity index (χ0n) is 41.3. The fourth-order valence-electron chi connectivity index (χ4n) is 9.68. The van der Waals surface area contributed by atoms with Crippen molar-refractivity contribution >= 4 is 41.3 Å². The van der Waals surface area contributed by atoms with Gasteiger partial charge in [-0.3, -0.25) is 4.79 Å². The van der Waals surface area contributed by atoms with E-state index in [9.17, 15) is 24.6 Å². The first-order valence-electron chi connectivity index (χ1n) is 25.2. The fraction of sp³-hybridized carbons (Fsp3) is 0.528. The maximum atomic E-state index is 14.6. The van der Waals surface area contributed by atoms with Crippen molar-refractivity contribution in [2.24, 2.45) is 11.8 Å². The second kappa shape index (κ2) is 27.9. The standard InChI is InChI=1S/C53H74ClN9O8/c1-3-4-5-12-23-61(24-21-40(65)29-41(66)33-70-35-64)27-22-57-52(68)62-25-19-37(20-26-62)31-63(53(69)71-34-46-44-17-10-8-15-42(44)43-16-9-11-18-45(43)46)32-38(28-39-14-7-6-13-36(39)2)30-58-51(67)47-49(55)60-50(56)48(54)59-47/h6-11,13-18,37-38,40-41,46,64-66H,3-5,12,19-35H2,1-2H3,(H,57,68)(H,58,67)(H4,55,56,60)/t38-,40+,41-/m0/s1. The van der Waals surface area contributed by atoms with Crippen LogP contribution < -0.4 is 22.1 Å². The number of carbonyl (C=O) groups excluding carboxylic acids is 3. The highest BCUT2D eigenvalue weighted by Crippen LogP contribution is 2.44. The summed E-state index contributed by atoms with van der Waals surface area (Å²) in [4.78, 5) is 55.6. The molecule has 1 aromatic heterocycles. The first kappa shape index (κ1) is 54.8. The van der Waals surface area contributed by atoms with Gasteiger partial charge in [0, 0.05) is 64.7 Å². The number of carbonyl (C=O) groups is 3. The topological polar surface area (TPSA) is 242 Å². The van der Waals surface area contributed by atoms with Crippen molar-refractivity contribution < 1.29 is 39.2 Å². The number of amides is 4. The number of nitrogens with zero attached hydrogens (tertiary/aromatic N) is 5. The minimum absolute atomic E-state index is 0.0410. The number of urea groups is 1. The van der Waals surface area contributed by atoms with E-state index >= 15 is 0 Å². The summed E-state index contributed by atoms with van der Waals surface area (Å²) in [5.74, 6) is -1.12. The number of ether oxygens (including phenoxy) is 2. The van der Waals surface area contributed by atoms with Crippen LogP contribution in [-0.4, -0.2) is 149 Å². The van der Waals surface area contributed by atoms with Crippen LogP contribution in [0, 0.1) is 18.8 Å². The Morgan fingerprint density at radius 3 is 2.25 bits per heavy atom. The lowest BCUT2D eigenvalue weighted by Gasteiger charge is -2.36. The molecule has 9 N–H and O–H groups in total. The fourth-order valence-corrected chi connectivity index (χ4v) is 9.81. The number of nitrogen functional groups attached to an aromatic ring is 2. The lowest BCUT2D eigenvalue weighted by Crippen LogP contribution is -2.49. The molecule has 71 heavy (non-hydrogen) atoms. The van der Waals surface area contributed by atoms with E-state index < -0.39 is 31.0 Å². The molecular weight excluding hydrogens is 926 g/mol. The van der Waals surface area contributed by atoms with Gasteiger partial charge in [-0.15, -0.1) is 0 Å². The van der Waals surface area contributed by atoms with E-state index in [1.54, 1.807) is 4.90 Å². The van der Waals surface area contributed by atoms with E-state index in [0.29, 0.717) is 65.0 Å². The van der Waals surface area contributed by atoms with Crippen molar-refractivity contribution in [2.75, 3.05) is 90.4 Å². The predicted molar refractivity (Wildman–Crippen MR) is 276 cm³/mol. The summed E-state index contributed by atoms with van der Waals surface area (Å²) in [6.45, 7) is 8.19. The molecule has 0 spiro atoms. The Labute approximate surface area is 423 Å². The number of aromatic nitrogens is 2. The van der Waals surface area contributed by atoms with Crippen LogP contribution >= 0.6 is 11.6 Å². The van der Waals surface area contributed by atoms with E-state index in [1.165, 1.54) is 0 Å². The van der Waals surface area contributed by atoms with Gasteiger partial charge < -0.3 is 61.6 Å². The smallest absolute Gasteiger partial charge is 0.409 e. The van der Waals surface area contributed by atoms with Crippen LogP contribution in [0.2, 0.25) is 5.15 Å². The number of unbranched alkanes of at least 4 members (excludes halogenated alkanes) is 3. The number of hydrogen-bond donors (Lipinski definition) is 7. The molecule has 18 heteroatoms. The number of rotatable bonds is 27. The molecule has 1 aliphatic carbocycles. The quantitative estimate of drug-likeness (QED) is 0.0260. The number of hydrogen-bond acceptors (Lipinski definition) is 13. The van der Waals surface area contributed by atoms with Crippen LogP contribution in [0.4, 0.5) is 21.2 Å². The van der Waals surface area contributed by atoms with E-state index in [-0.39, 0.29) is 79.0 Å². The highest BCUT2D eigenvalue weighted by Gasteiger charge is 2.33. The minimum Gasteiger partial charge on any atom is -0.448 e. The number of halogens is 1. The molecule has 2 heterocycles. The van der Waals surface area contributed by atoms with Crippen molar-refractivity contribution in [3.8, 4) is 11.1 Å². The Balaban J connectivity index is 1.11. The van der Waals surface area contributed by atoms with Crippen LogP contribution in [0.25, 0.3) is 11.1 Å². The number of aryl methyl sites for hydroxylation is 1. The second-order valence-electron chi connectivity index (χ2n) is 18.9. The largest absolute Gasteiger partial charge is 0.448 e. The molecule has 1 aliphatic heterocycles. The van der Waals surface area contributed by atoms with Gasteiger partial charge in [-0.2, -0.15) is 0 Å². The molecule has 4 aromatic rings. The highest BCUT2D eigenvalue weighted by atomic mass is 35.5. The van der Waals surface area contributed by atoms with Gasteiger partial charge in [-0.25, -0.2) is 19.6 Å². The molecule has 0 unspecified atom stereocenters. The monoisotopic (exact) mass is 1000 g/mol. The third-order valence-electron chi connectivity index (χ3n) is 13.7. The number of likely N-dealkylation sites (tertiary alicyclic amines) is 1. The average molecular weight is 1000 g/mol. The van der Waals surface area contributed by atoms with Crippen LogP contribution in [0.5, 0.6) is 0 Å². The molecule has 0 saturated carbocycles. The summed E-state index contributed by atoms with van der Waals surface area (Å²) in [7, 11) is 0. The lowest BCUT2D eigenvalue weighted by atomic mass is 9.93. The Morgan fingerprint density at radius 2 is 1.56 bits per heavy atom. The Morgan fingerprint density at radius 1 is 0.873 bits per heavy atom. The van der Waals surface area contributed by atoms with Gasteiger partial charge in [-0.1, -0.05) is 111 Å². The lowest BCUT2D eigenvalue weighted by molar-refractivity contribution is -0.0530. The van der Waals surface area contributed by atoms with Crippen molar-refractivity contribution in [2.45, 2.75) is 89.8 Å². The molecule has 386 valence electrons. The first-order valence-corrected chi connectivity index (χ1v) is 25.5. The highest BCUT2D eigenvalue weighted by molar-refractivity contribution is 6.31. The zero-order valence-corrected chi connectivity index (χ0v) is 42.1. The van der Waals surface area contributed by atoms with Gasteiger partial charge in [0.25, 0.3) is 5.91 Å². The molecule has 6 rings (SSSR count). The number of anilines is 2. The number of benzene rings is 3. The molecule has 0 bridgehead atoms. The summed E-state index contributed by atoms with van der Waals surface area (Å²) >= 11 is 6.13. The van der Waals surface area contributed by atoms with Crippen LogP contribution in [0.15, 0.2) is 72.8 Å². The van der Waals surface area contributed by atoms with Crippen molar-refractivity contribution in [3.63, 3.8) is 0 Å². The van der Waals surface area contributed by atoms with Crippen molar-refractivity contribution in [1.82, 2.24) is 35.3 Å². The summed E-state index contributed by atoms with van der Waals surface area (Å²) in [6, 6.07) is 24.3. The second-order valence-corrected chi connectivity index (χ2v) is 19.3. The molecule has 3 atom stereocenters. The molecule has 1 saturated heterocycles. The average Bonchev–Trinajstić information content (AvgIpc) is 3.69. The normalized spacial score (nSPS) is 14.9. The Kier molecular flexibility index (Phi) is 21.5. The number of aliphatic hydroxyl groups excluding tert-OH is 3. The van der Waals surface area contributed by atoms with Gasteiger partial charge >= 0.3 is 12.1 Å². The van der Waals surface area contributed by atoms with Gasteiger partial charge in [-0.05, 0) is 90.8 Å². The zero-order chi connectivity index (χ0) is 50.7. The number of nitrogens with one attached hydrogen (secondary N) is 2. The maximum absolute atomic E-state index is 14.6. The number of nitrogens with two attached hydrogens (primary N) is 2. The van der Waals surface area contributed by atoms with Gasteiger partial charge in [0.2, 0.25) is 0 Å². The van der Waals surface area contributed by atoms with Crippen molar-refractivity contribution in [1.29, 1.82) is 0 Å². The summed E-state index contributed by atoms with van der Waals surface area (Å²) in [6.07, 6.45) is 4.83. The number of fused-ring (bicyclic) bond motifs is 3. The summed E-state index contributed by atoms with van der Waals surface area (Å²) in [5, 5.41) is 35.5.